The van der Waals surface area contributed by atoms with Crippen LogP contribution in [0, 0.1) is 38.0 Å². The van der Waals surface area contributed by atoms with E-state index in [0.717, 1.165) is 54.5 Å². The summed E-state index contributed by atoms with van der Waals surface area (Å²) in [4.78, 5) is 0. The van der Waals surface area contributed by atoms with Gasteiger partial charge in [-0.2, -0.15) is 24.4 Å². The van der Waals surface area contributed by atoms with Gasteiger partial charge >= 0.3 is 0 Å². The fourth-order valence-electron chi connectivity index (χ4n) is 2.94. The van der Waals surface area contributed by atoms with E-state index in [-0.39, 0.29) is 74.6 Å². The van der Waals surface area contributed by atoms with Gasteiger partial charge in [-0.15, -0.1) is 0 Å². The maximum absolute atomic E-state index is 9.29. The van der Waals surface area contributed by atoms with E-state index in [4.69, 9.17) is 19.1 Å². The molecule has 215 valence electrons. The summed E-state index contributed by atoms with van der Waals surface area (Å²) in [6, 6.07) is 1.63. The first-order chi connectivity index (χ1) is 16.3. The molecule has 4 N–H and O–H groups in total. The molecule has 0 bridgehead atoms. The Morgan fingerprint density at radius 2 is 1.36 bits per heavy atom. The first kappa shape index (κ1) is 47.9. The van der Waals surface area contributed by atoms with Crippen LogP contribution in [0.3, 0.4) is 0 Å². The zero-order valence-electron chi connectivity index (χ0n) is 23.5. The van der Waals surface area contributed by atoms with Gasteiger partial charge in [-0.1, -0.05) is 33.3 Å². The molecule has 1 radical (unpaired) electrons. The fourth-order valence-corrected chi connectivity index (χ4v) is 8.33. The molecule has 6 nitrogen and oxygen atoms in total. The molecule has 0 heterocycles. The van der Waals surface area contributed by atoms with Crippen LogP contribution in [0.15, 0.2) is 12.2 Å². The summed E-state index contributed by atoms with van der Waals surface area (Å²) in [5.41, 5.74) is 0. The standard InChI is InChI=1S/C12H28O3SSi.C6H16O3SSi.C6H11.U.V/c1-4-7-12(5-2)16-8-6-9-17(10-13,11-14)15-3;1-9-11(5-7,6-8)4-2-3-10;1-3-5-6-4-2;;/h12-14H,4-11H2,1-3H3;7-8,10H,2-6H2,1H3;5-6H,1,3-4H2,2H3;;/q;;+1;;/b;;6-5-;;. The van der Waals surface area contributed by atoms with Crippen LogP contribution >= 0.6 is 24.4 Å². The Hall–Kier alpha value is 2.14. The Bertz CT molecular complexity index is 417. The Morgan fingerprint density at radius 3 is 1.64 bits per heavy atom. The topological polar surface area (TPSA) is 99.4 Å². The third-order valence-electron chi connectivity index (χ3n) is 5.57. The van der Waals surface area contributed by atoms with E-state index in [9.17, 15) is 10.2 Å². The van der Waals surface area contributed by atoms with Gasteiger partial charge in [0.15, 0.2) is 0 Å². The monoisotopic (exact) mass is 848 g/mol. The van der Waals surface area contributed by atoms with Crippen molar-refractivity contribution in [3.8, 4) is 0 Å². The van der Waals surface area contributed by atoms with Crippen LogP contribution in [0.1, 0.15) is 65.7 Å². The van der Waals surface area contributed by atoms with E-state index >= 15 is 0 Å². The molecular weight excluding hydrogens is 794 g/mol. The quantitative estimate of drug-likeness (QED) is 0.0431. The van der Waals surface area contributed by atoms with Crippen molar-refractivity contribution in [3.05, 3.63) is 19.1 Å². The van der Waals surface area contributed by atoms with Crippen molar-refractivity contribution < 1.29 is 78.9 Å². The summed E-state index contributed by atoms with van der Waals surface area (Å²) in [6.45, 7) is 10.2. The van der Waals surface area contributed by atoms with Gasteiger partial charge in [-0.05, 0) is 61.8 Å². The Morgan fingerprint density at radius 1 is 0.889 bits per heavy atom. The molecule has 0 saturated heterocycles. The molecule has 12 heteroatoms. The number of aliphatic hydroxyl groups is 4. The van der Waals surface area contributed by atoms with Crippen LogP contribution in [0.5, 0.6) is 0 Å². The van der Waals surface area contributed by atoms with Crippen LogP contribution in [-0.4, -0.2) is 93.0 Å². The fraction of sp³-hybridized carbons (Fsp3) is 0.875. The predicted octanol–water partition coefficient (Wildman–Crippen LogP) is 4.48. The summed E-state index contributed by atoms with van der Waals surface area (Å²) in [5.74, 6) is 1.88. The minimum Gasteiger partial charge on any atom is -0.415 e. The zero-order chi connectivity index (χ0) is 26.7. The molecule has 0 aliphatic rings. The van der Waals surface area contributed by atoms with Gasteiger partial charge < -0.3 is 29.3 Å². The van der Waals surface area contributed by atoms with Crippen LogP contribution in [-0.2, 0) is 27.4 Å². The first-order valence-electron chi connectivity index (χ1n) is 12.5. The Balaban J connectivity index is -0.000000146. The van der Waals surface area contributed by atoms with Crippen molar-refractivity contribution in [1.82, 2.24) is 0 Å². The molecule has 0 amide bonds. The van der Waals surface area contributed by atoms with Crippen molar-refractivity contribution in [1.29, 1.82) is 0 Å². The Labute approximate surface area is 270 Å². The van der Waals surface area contributed by atoms with Crippen LogP contribution in [0.2, 0.25) is 12.1 Å². The van der Waals surface area contributed by atoms with E-state index in [1.54, 1.807) is 14.2 Å². The van der Waals surface area contributed by atoms with Gasteiger partial charge in [-0.3, -0.25) is 0 Å². The molecule has 0 aliphatic heterocycles. The maximum atomic E-state index is 9.29. The zero-order valence-corrected chi connectivity index (χ0v) is 32.7. The van der Waals surface area contributed by atoms with E-state index in [2.05, 4.69) is 52.5 Å². The number of thioether (sulfide) groups is 1. The summed E-state index contributed by atoms with van der Waals surface area (Å²) in [5, 5.41) is 37.2. The SMILES string of the molecule is CCCC(CC)SCCC[Si](CO)(CO)OC.CO[Si](CO)(CO)CCCS.[CH2+]C/C=C\CC.[U].[V]. The molecular formula is C24H55O6S2Si2UV+. The molecule has 0 aliphatic carbocycles. The molecule has 0 spiro atoms. The predicted molar refractivity (Wildman–Crippen MR) is 157 cm³/mol. The molecule has 0 aromatic rings. The van der Waals surface area contributed by atoms with E-state index in [1.165, 1.54) is 19.3 Å². The summed E-state index contributed by atoms with van der Waals surface area (Å²) < 4.78 is 10.5. The van der Waals surface area contributed by atoms with Crippen molar-refractivity contribution >= 4 is 41.0 Å². The van der Waals surface area contributed by atoms with E-state index in [0.29, 0.717) is 0 Å². The second kappa shape index (κ2) is 35.2. The van der Waals surface area contributed by atoms with Crippen molar-refractivity contribution in [2.24, 2.45) is 0 Å². The summed E-state index contributed by atoms with van der Waals surface area (Å²) >= 11 is 6.07. The second-order valence-corrected chi connectivity index (χ2v) is 17.9. The maximum Gasteiger partial charge on any atom is 0.242 e. The van der Waals surface area contributed by atoms with Gasteiger partial charge in [0.1, 0.15) is 6.42 Å². The van der Waals surface area contributed by atoms with Crippen molar-refractivity contribution in [2.45, 2.75) is 83.1 Å². The Kier molecular flexibility index (Phi) is 46.8. The molecule has 36 heavy (non-hydrogen) atoms. The summed E-state index contributed by atoms with van der Waals surface area (Å²) in [6.07, 6.45) is 12.0. The minimum absolute atomic E-state index is 0. The van der Waals surface area contributed by atoms with Crippen LogP contribution in [0.4, 0.5) is 0 Å². The number of hydrogen-bond donors (Lipinski definition) is 5. The average Bonchev–Trinajstić information content (AvgIpc) is 2.89. The third kappa shape index (κ3) is 26.4. The van der Waals surface area contributed by atoms with Crippen molar-refractivity contribution in [3.63, 3.8) is 0 Å². The second-order valence-electron chi connectivity index (χ2n) is 8.20. The third-order valence-corrected chi connectivity index (χ3v) is 14.0. The van der Waals surface area contributed by atoms with Gasteiger partial charge in [0.2, 0.25) is 16.6 Å². The normalized spacial score (nSPS) is 11.9. The molecule has 0 fully saturated rings. The smallest absolute Gasteiger partial charge is 0.242 e. The number of rotatable bonds is 19. The van der Waals surface area contributed by atoms with Gasteiger partial charge in [0.05, 0.1) is 31.8 Å². The minimum atomic E-state index is -2.22. The average molecular weight is 849 g/mol. The van der Waals surface area contributed by atoms with Crippen LogP contribution in [0.25, 0.3) is 0 Å². The van der Waals surface area contributed by atoms with Gasteiger partial charge in [-0.25, -0.2) is 0 Å². The van der Waals surface area contributed by atoms with E-state index in [1.807, 2.05) is 11.8 Å². The van der Waals surface area contributed by atoms with Gasteiger partial charge in [0.25, 0.3) is 0 Å². The molecule has 1 atom stereocenters. The number of aliphatic hydroxyl groups excluding tert-OH is 4. The molecule has 0 aromatic heterocycles. The molecule has 0 rings (SSSR count). The van der Waals surface area contributed by atoms with Crippen molar-refractivity contribution in [2.75, 3.05) is 50.6 Å². The van der Waals surface area contributed by atoms with Gasteiger partial charge in [0, 0.05) is 69.1 Å². The molecule has 0 saturated carbocycles. The summed E-state index contributed by atoms with van der Waals surface area (Å²) in [7, 11) is -1.23. The number of allylic oxidation sites excluding steroid dienone is 2. The molecule has 1 unspecified atom stereocenters. The van der Waals surface area contributed by atoms with Crippen LogP contribution < -0.4 is 0 Å². The van der Waals surface area contributed by atoms with E-state index < -0.39 is 16.6 Å². The molecule has 0 aromatic carbocycles. The number of thiol groups is 1. The number of hydrogen-bond acceptors (Lipinski definition) is 8. The largest absolute Gasteiger partial charge is 0.415 e. The first-order valence-corrected chi connectivity index (χ1v) is 19.3.